The van der Waals surface area contributed by atoms with Crippen molar-refractivity contribution in [3.05, 3.63) is 76.2 Å². The second-order valence-electron chi connectivity index (χ2n) is 6.47. The van der Waals surface area contributed by atoms with Crippen LogP contribution in [0.1, 0.15) is 29.0 Å². The number of rotatable bonds is 4. The van der Waals surface area contributed by atoms with Crippen LogP contribution in [0.4, 0.5) is 11.4 Å². The Morgan fingerprint density at radius 1 is 1.11 bits per heavy atom. The van der Waals surface area contributed by atoms with Gasteiger partial charge in [0, 0.05) is 30.8 Å². The molecule has 4 rings (SSSR count). The van der Waals surface area contributed by atoms with Crippen molar-refractivity contribution in [2.24, 2.45) is 0 Å². The summed E-state index contributed by atoms with van der Waals surface area (Å²) >= 11 is 0. The first kappa shape index (κ1) is 17.0. The third-order valence-electron chi connectivity index (χ3n) is 4.71. The number of nitrogens with one attached hydrogen (secondary N) is 1. The Balaban J connectivity index is 1.67. The normalized spacial score (nSPS) is 13.0. The number of aryl methyl sites for hydroxylation is 2. The number of amides is 1. The minimum atomic E-state index is -0.551. The van der Waals surface area contributed by atoms with Gasteiger partial charge in [-0.05, 0) is 25.0 Å². The van der Waals surface area contributed by atoms with Gasteiger partial charge in [-0.1, -0.05) is 30.3 Å². The molecule has 7 heteroatoms. The van der Waals surface area contributed by atoms with Crippen molar-refractivity contribution >= 4 is 17.3 Å². The number of anilines is 1. The highest BCUT2D eigenvalue weighted by atomic mass is 16.6. The first-order valence-electron chi connectivity index (χ1n) is 8.84. The fourth-order valence-electron chi connectivity index (χ4n) is 3.37. The summed E-state index contributed by atoms with van der Waals surface area (Å²) in [5, 5.41) is 14.0. The summed E-state index contributed by atoms with van der Waals surface area (Å²) in [4.78, 5) is 28.0. The zero-order valence-electron chi connectivity index (χ0n) is 14.6. The molecule has 0 radical (unpaired) electrons. The lowest BCUT2D eigenvalue weighted by atomic mass is 10.1. The summed E-state index contributed by atoms with van der Waals surface area (Å²) in [6.07, 6.45) is 5.22. The third-order valence-corrected chi connectivity index (χ3v) is 4.71. The number of nitrogens with zero attached hydrogens (tertiary/aromatic N) is 3. The van der Waals surface area contributed by atoms with Gasteiger partial charge in [-0.15, -0.1) is 0 Å². The van der Waals surface area contributed by atoms with Crippen molar-refractivity contribution in [2.45, 2.75) is 25.8 Å². The van der Waals surface area contributed by atoms with Gasteiger partial charge in [0.2, 0.25) is 0 Å². The van der Waals surface area contributed by atoms with E-state index in [2.05, 4.69) is 9.88 Å². The average molecular weight is 362 g/mol. The van der Waals surface area contributed by atoms with E-state index in [-0.39, 0.29) is 11.3 Å². The van der Waals surface area contributed by atoms with Gasteiger partial charge < -0.3 is 9.88 Å². The van der Waals surface area contributed by atoms with Crippen LogP contribution in [0.3, 0.4) is 0 Å². The highest BCUT2D eigenvalue weighted by molar-refractivity contribution is 6.08. The molecular formula is C20H18N4O3. The van der Waals surface area contributed by atoms with Crippen molar-refractivity contribution in [3.63, 3.8) is 0 Å². The van der Waals surface area contributed by atoms with Crippen LogP contribution in [0.15, 0.2) is 54.7 Å². The Morgan fingerprint density at radius 3 is 2.70 bits per heavy atom. The number of benzene rings is 2. The largest absolute Gasteiger partial charge is 0.334 e. The predicted molar refractivity (Wildman–Crippen MR) is 102 cm³/mol. The van der Waals surface area contributed by atoms with Crippen molar-refractivity contribution in [1.29, 1.82) is 0 Å². The smallest absolute Gasteiger partial charge is 0.282 e. The Bertz CT molecular complexity index is 1000. The molecule has 0 fully saturated rings. The first-order chi connectivity index (χ1) is 13.1. The number of imidazole rings is 1. The van der Waals surface area contributed by atoms with Crippen LogP contribution in [0.2, 0.25) is 0 Å². The van der Waals surface area contributed by atoms with Crippen LogP contribution in [0.5, 0.6) is 0 Å². The second-order valence-corrected chi connectivity index (χ2v) is 6.47. The van der Waals surface area contributed by atoms with Crippen LogP contribution in [-0.4, -0.2) is 20.4 Å². The molecule has 0 unspecified atom stereocenters. The van der Waals surface area contributed by atoms with E-state index in [1.54, 1.807) is 18.2 Å². The van der Waals surface area contributed by atoms with E-state index in [9.17, 15) is 14.9 Å². The van der Waals surface area contributed by atoms with E-state index in [0.29, 0.717) is 5.69 Å². The number of nitro groups is 1. The van der Waals surface area contributed by atoms with Gasteiger partial charge >= 0.3 is 0 Å². The average Bonchev–Trinajstić information content (AvgIpc) is 3.12. The van der Waals surface area contributed by atoms with E-state index < -0.39 is 10.8 Å². The molecule has 1 N–H and O–H groups in total. The van der Waals surface area contributed by atoms with Crippen molar-refractivity contribution in [2.75, 3.05) is 5.32 Å². The molecule has 0 spiro atoms. The molecule has 2 heterocycles. The zero-order valence-corrected chi connectivity index (χ0v) is 14.6. The Kier molecular flexibility index (Phi) is 4.42. The molecule has 2 aromatic carbocycles. The molecule has 7 nitrogen and oxygen atoms in total. The summed E-state index contributed by atoms with van der Waals surface area (Å²) in [6.45, 7) is 0.951. The van der Waals surface area contributed by atoms with Crippen LogP contribution >= 0.6 is 0 Å². The Hall–Kier alpha value is -3.48. The van der Waals surface area contributed by atoms with Crippen LogP contribution in [-0.2, 0) is 13.0 Å². The van der Waals surface area contributed by atoms with E-state index >= 15 is 0 Å². The minimum absolute atomic E-state index is 0.0291. The lowest BCUT2D eigenvalue weighted by molar-refractivity contribution is -0.385. The highest BCUT2D eigenvalue weighted by Crippen LogP contribution is 2.30. The SMILES string of the molecule is O=C(Nc1ccccc1-c1cn2c(n1)CCCC2)c1ccccc1[N+](=O)[O-]. The predicted octanol–water partition coefficient (Wildman–Crippen LogP) is 4.05. The molecule has 0 saturated carbocycles. The van der Waals surface area contributed by atoms with Gasteiger partial charge in [0.1, 0.15) is 11.4 Å². The maximum Gasteiger partial charge on any atom is 0.282 e. The highest BCUT2D eigenvalue weighted by Gasteiger charge is 2.21. The van der Waals surface area contributed by atoms with Gasteiger partial charge in [-0.2, -0.15) is 0 Å². The number of aromatic nitrogens is 2. The standard InChI is InChI=1S/C20H18N4O3/c25-20(15-8-2-4-10-18(15)24(26)27)22-16-9-3-1-7-14(16)17-13-23-12-6-5-11-19(23)21-17/h1-4,7-10,13H,5-6,11-12H2,(H,22,25). The zero-order chi connectivity index (χ0) is 18.8. The Morgan fingerprint density at radius 2 is 1.89 bits per heavy atom. The second kappa shape index (κ2) is 7.03. The number of nitro benzene ring substituents is 1. The summed E-state index contributed by atoms with van der Waals surface area (Å²) in [5.41, 5.74) is 1.99. The molecule has 1 aliphatic heterocycles. The topological polar surface area (TPSA) is 90.1 Å². The van der Waals surface area contributed by atoms with E-state index in [1.807, 2.05) is 24.4 Å². The molecule has 0 saturated heterocycles. The van der Waals surface area contributed by atoms with Gasteiger partial charge in [0.05, 0.1) is 16.3 Å². The Labute approximate surface area is 155 Å². The molecule has 27 heavy (non-hydrogen) atoms. The molecule has 1 aromatic heterocycles. The van der Waals surface area contributed by atoms with Crippen molar-refractivity contribution < 1.29 is 9.72 Å². The molecule has 136 valence electrons. The molecule has 0 bridgehead atoms. The lowest BCUT2D eigenvalue weighted by Gasteiger charge is -2.11. The maximum absolute atomic E-state index is 12.7. The number of fused-ring (bicyclic) bond motifs is 1. The van der Waals surface area contributed by atoms with Crippen molar-refractivity contribution in [3.8, 4) is 11.3 Å². The summed E-state index contributed by atoms with van der Waals surface area (Å²) in [7, 11) is 0. The number of carbonyl (C=O) groups is 1. The number of hydrogen-bond acceptors (Lipinski definition) is 4. The summed E-state index contributed by atoms with van der Waals surface area (Å²) < 4.78 is 2.15. The molecule has 0 atom stereocenters. The minimum Gasteiger partial charge on any atom is -0.334 e. The quantitative estimate of drug-likeness (QED) is 0.560. The van der Waals surface area contributed by atoms with Gasteiger partial charge in [-0.25, -0.2) is 4.98 Å². The van der Waals surface area contributed by atoms with Crippen molar-refractivity contribution in [1.82, 2.24) is 9.55 Å². The maximum atomic E-state index is 12.7. The van der Waals surface area contributed by atoms with E-state index in [1.165, 1.54) is 12.1 Å². The molecule has 0 aliphatic carbocycles. The number of carbonyl (C=O) groups excluding carboxylic acids is 1. The van der Waals surface area contributed by atoms with Crippen LogP contribution in [0.25, 0.3) is 11.3 Å². The first-order valence-corrected chi connectivity index (χ1v) is 8.84. The molecular weight excluding hydrogens is 344 g/mol. The van der Waals surface area contributed by atoms with Gasteiger partial charge in [-0.3, -0.25) is 14.9 Å². The van der Waals surface area contributed by atoms with Gasteiger partial charge in [0.25, 0.3) is 11.6 Å². The molecule has 3 aromatic rings. The fourth-order valence-corrected chi connectivity index (χ4v) is 3.37. The van der Waals surface area contributed by atoms with E-state index in [0.717, 1.165) is 42.9 Å². The van der Waals surface area contributed by atoms with Gasteiger partial charge in [0.15, 0.2) is 0 Å². The third kappa shape index (κ3) is 3.31. The monoisotopic (exact) mass is 362 g/mol. The molecule has 1 aliphatic rings. The lowest BCUT2D eigenvalue weighted by Crippen LogP contribution is -2.14. The fraction of sp³-hybridized carbons (Fsp3) is 0.200. The number of hydrogen-bond donors (Lipinski definition) is 1. The van der Waals surface area contributed by atoms with Crippen LogP contribution < -0.4 is 5.32 Å². The molecule has 1 amide bonds. The number of para-hydroxylation sites is 2. The summed E-state index contributed by atoms with van der Waals surface area (Å²) in [6, 6.07) is 13.3. The summed E-state index contributed by atoms with van der Waals surface area (Å²) in [5.74, 6) is 0.537. The van der Waals surface area contributed by atoms with E-state index in [4.69, 9.17) is 4.98 Å². The van der Waals surface area contributed by atoms with Crippen LogP contribution in [0, 0.1) is 10.1 Å².